The number of carbonyl (C=O) groups is 1. The van der Waals surface area contributed by atoms with Crippen LogP contribution in [-0.4, -0.2) is 20.7 Å². The van der Waals surface area contributed by atoms with Crippen molar-refractivity contribution in [3.63, 3.8) is 0 Å². The normalized spacial score (nSPS) is 11.2. The monoisotopic (exact) mass is 438 g/mol. The largest absolute Gasteiger partial charge is 0.461 e. The standard InChI is InChI=1S/C28H28NO2Si/c1-3-31-28(30)22-29-20-19-27(23(2)21-29)32(24-13-7-4-8-14-24,25-15-9-5-10-16-25)26-17-11-6-12-18-26/h4-21H,3,22H2,1-2H3/q+1. The Bertz CT molecular complexity index is 1080. The van der Waals surface area contributed by atoms with Crippen molar-refractivity contribution in [3.8, 4) is 0 Å². The number of ether oxygens (including phenoxy) is 1. The van der Waals surface area contributed by atoms with E-state index < -0.39 is 8.07 Å². The van der Waals surface area contributed by atoms with E-state index in [-0.39, 0.29) is 12.5 Å². The zero-order valence-electron chi connectivity index (χ0n) is 18.6. The summed E-state index contributed by atoms with van der Waals surface area (Å²) in [5, 5.41) is 5.33. The van der Waals surface area contributed by atoms with Crippen molar-refractivity contribution in [1.82, 2.24) is 0 Å². The van der Waals surface area contributed by atoms with Gasteiger partial charge in [0.15, 0.2) is 20.5 Å². The molecule has 0 N–H and O–H groups in total. The van der Waals surface area contributed by atoms with Crippen LogP contribution >= 0.6 is 0 Å². The molecule has 32 heavy (non-hydrogen) atoms. The molecule has 0 spiro atoms. The summed E-state index contributed by atoms with van der Waals surface area (Å²) >= 11 is 0. The molecule has 0 fully saturated rings. The van der Waals surface area contributed by atoms with Crippen LogP contribution in [0.1, 0.15) is 12.5 Å². The number of esters is 1. The van der Waals surface area contributed by atoms with Gasteiger partial charge in [0.1, 0.15) is 0 Å². The lowest BCUT2D eigenvalue weighted by Crippen LogP contribution is -2.75. The first-order valence-corrected chi connectivity index (χ1v) is 13.0. The quantitative estimate of drug-likeness (QED) is 0.192. The summed E-state index contributed by atoms with van der Waals surface area (Å²) in [5.41, 5.74) is 1.17. The van der Waals surface area contributed by atoms with Crippen molar-refractivity contribution in [2.75, 3.05) is 6.61 Å². The van der Waals surface area contributed by atoms with Crippen molar-refractivity contribution in [2.45, 2.75) is 20.4 Å². The molecule has 0 aliphatic heterocycles. The topological polar surface area (TPSA) is 30.2 Å². The first-order chi connectivity index (χ1) is 15.7. The highest BCUT2D eigenvalue weighted by molar-refractivity contribution is 7.20. The van der Waals surface area contributed by atoms with Gasteiger partial charge >= 0.3 is 5.97 Å². The fourth-order valence-corrected chi connectivity index (χ4v) is 9.56. The van der Waals surface area contributed by atoms with E-state index in [1.807, 2.05) is 17.7 Å². The Hall–Kier alpha value is -3.50. The SMILES string of the molecule is CCOC(=O)C[n+]1ccc([Si](c2ccccc2)(c2ccccc2)c2ccccc2)c(C)c1. The fourth-order valence-electron chi connectivity index (χ4n) is 4.57. The number of rotatable bonds is 7. The number of aromatic nitrogens is 1. The van der Waals surface area contributed by atoms with Crippen molar-refractivity contribution >= 4 is 34.8 Å². The smallest absolute Gasteiger partial charge is 0.372 e. The van der Waals surface area contributed by atoms with Crippen molar-refractivity contribution in [2.24, 2.45) is 0 Å². The Labute approximate surface area is 191 Å². The third kappa shape index (κ3) is 4.14. The van der Waals surface area contributed by atoms with Gasteiger partial charge in [-0.2, -0.15) is 4.57 Å². The predicted molar refractivity (Wildman–Crippen MR) is 132 cm³/mol. The minimum atomic E-state index is -2.55. The van der Waals surface area contributed by atoms with Crippen molar-refractivity contribution in [3.05, 3.63) is 115 Å². The summed E-state index contributed by atoms with van der Waals surface area (Å²) in [6.07, 6.45) is 4.08. The van der Waals surface area contributed by atoms with Gasteiger partial charge in [0.05, 0.1) is 6.61 Å². The maximum atomic E-state index is 12.0. The van der Waals surface area contributed by atoms with Crippen LogP contribution in [-0.2, 0) is 16.1 Å². The van der Waals surface area contributed by atoms with Crippen molar-refractivity contribution < 1.29 is 14.1 Å². The summed E-state index contributed by atoms with van der Waals surface area (Å²) in [6.45, 7) is 4.58. The van der Waals surface area contributed by atoms with Gasteiger partial charge in [-0.25, -0.2) is 4.79 Å². The summed E-state index contributed by atoms with van der Waals surface area (Å²) in [4.78, 5) is 12.0. The summed E-state index contributed by atoms with van der Waals surface area (Å²) < 4.78 is 7.05. The van der Waals surface area contributed by atoms with Gasteiger partial charge in [-0.05, 0) is 34.6 Å². The third-order valence-electron chi connectivity index (χ3n) is 5.86. The molecule has 0 aliphatic rings. The van der Waals surface area contributed by atoms with E-state index in [0.717, 1.165) is 0 Å². The van der Waals surface area contributed by atoms with Crippen molar-refractivity contribution in [1.29, 1.82) is 0 Å². The summed E-state index contributed by atoms with van der Waals surface area (Å²) in [7, 11) is -2.55. The molecule has 0 amide bonds. The first kappa shape index (κ1) is 21.7. The van der Waals surface area contributed by atoms with E-state index in [1.54, 1.807) is 0 Å². The van der Waals surface area contributed by atoms with Crippen LogP contribution in [0.15, 0.2) is 109 Å². The molecule has 0 saturated heterocycles. The third-order valence-corrected chi connectivity index (χ3v) is 10.8. The number of benzene rings is 3. The number of hydrogen-bond acceptors (Lipinski definition) is 2. The van der Waals surface area contributed by atoms with Gasteiger partial charge in [-0.1, -0.05) is 91.0 Å². The van der Waals surface area contributed by atoms with Crippen LogP contribution < -0.4 is 25.3 Å². The Balaban J connectivity index is 1.98. The van der Waals surface area contributed by atoms with E-state index in [0.29, 0.717) is 6.61 Å². The molecule has 3 nitrogen and oxygen atoms in total. The number of pyridine rings is 1. The lowest BCUT2D eigenvalue weighted by molar-refractivity contribution is -0.686. The summed E-state index contributed by atoms with van der Waals surface area (Å²) in [5.74, 6) is -0.220. The van der Waals surface area contributed by atoms with Gasteiger partial charge in [0.25, 0.3) is 0 Å². The molecule has 4 rings (SSSR count). The van der Waals surface area contributed by atoms with E-state index >= 15 is 0 Å². The van der Waals surface area contributed by atoms with Crippen LogP contribution in [0.5, 0.6) is 0 Å². The molecule has 0 bridgehead atoms. The molecular formula is C28H28NO2Si+. The lowest BCUT2D eigenvalue weighted by atomic mass is 10.3. The Morgan fingerprint density at radius 2 is 1.25 bits per heavy atom. The Morgan fingerprint density at radius 3 is 1.66 bits per heavy atom. The maximum Gasteiger partial charge on any atom is 0.372 e. The van der Waals surface area contributed by atoms with E-state index in [9.17, 15) is 4.79 Å². The Kier molecular flexibility index (Phi) is 6.62. The molecule has 0 saturated carbocycles. The second-order valence-electron chi connectivity index (χ2n) is 7.87. The average molecular weight is 439 g/mol. The molecule has 4 aromatic rings. The highest BCUT2D eigenvalue weighted by atomic mass is 28.3. The first-order valence-electron chi connectivity index (χ1n) is 11.0. The number of nitrogens with zero attached hydrogens (tertiary/aromatic N) is 1. The van der Waals surface area contributed by atoms with Gasteiger partial charge in [-0.3, -0.25) is 0 Å². The van der Waals surface area contributed by atoms with Gasteiger partial charge < -0.3 is 4.74 Å². The molecule has 0 radical (unpaired) electrons. The molecule has 0 unspecified atom stereocenters. The van der Waals surface area contributed by atoms with Gasteiger partial charge in [0, 0.05) is 11.6 Å². The minimum Gasteiger partial charge on any atom is -0.461 e. The molecule has 4 heteroatoms. The zero-order valence-corrected chi connectivity index (χ0v) is 19.6. The van der Waals surface area contributed by atoms with E-state index in [1.165, 1.54) is 26.3 Å². The second kappa shape index (κ2) is 9.75. The predicted octanol–water partition coefficient (Wildman–Crippen LogP) is 2.22. The highest BCUT2D eigenvalue weighted by Gasteiger charge is 2.42. The van der Waals surface area contributed by atoms with Crippen LogP contribution in [0.3, 0.4) is 0 Å². The van der Waals surface area contributed by atoms with Crippen LogP contribution in [0, 0.1) is 6.92 Å². The molecule has 1 heterocycles. The molecule has 1 aromatic heterocycles. The highest BCUT2D eigenvalue weighted by Crippen LogP contribution is 2.10. The number of hydrogen-bond donors (Lipinski definition) is 0. The average Bonchev–Trinajstić information content (AvgIpc) is 2.83. The molecule has 0 aliphatic carbocycles. The fraction of sp³-hybridized carbons (Fsp3) is 0.143. The summed E-state index contributed by atoms with van der Waals surface area (Å²) in [6, 6.07) is 34.7. The van der Waals surface area contributed by atoms with Crippen LogP contribution in [0.4, 0.5) is 0 Å². The lowest BCUT2D eigenvalue weighted by Gasteiger charge is -2.35. The number of aryl methyl sites for hydroxylation is 1. The van der Waals surface area contributed by atoms with Gasteiger partial charge in [0.2, 0.25) is 6.54 Å². The maximum absolute atomic E-state index is 12.0. The van der Waals surface area contributed by atoms with Crippen LogP contribution in [0.2, 0.25) is 0 Å². The molecule has 0 atom stereocenters. The van der Waals surface area contributed by atoms with Crippen LogP contribution in [0.25, 0.3) is 0 Å². The van der Waals surface area contributed by atoms with E-state index in [4.69, 9.17) is 4.74 Å². The minimum absolute atomic E-state index is 0.214. The van der Waals surface area contributed by atoms with Gasteiger partial charge in [-0.15, -0.1) is 0 Å². The zero-order chi connectivity index (χ0) is 22.4. The second-order valence-corrected chi connectivity index (χ2v) is 11.6. The number of carbonyl (C=O) groups excluding carboxylic acids is 1. The molecule has 160 valence electrons. The molecule has 3 aromatic carbocycles. The van der Waals surface area contributed by atoms with E-state index in [2.05, 4.69) is 110 Å². The Morgan fingerprint density at radius 1 is 0.781 bits per heavy atom. The molecular weight excluding hydrogens is 410 g/mol.